The van der Waals surface area contributed by atoms with E-state index in [1.165, 1.54) is 12.1 Å². The Balaban J connectivity index is 0.00000253. The van der Waals surface area contributed by atoms with E-state index in [1.54, 1.807) is 32.1 Å². The van der Waals surface area contributed by atoms with Gasteiger partial charge < -0.3 is 19.3 Å². The zero-order valence-electron chi connectivity index (χ0n) is 20.5. The first-order chi connectivity index (χ1) is 17.1. The number of halogens is 4. The predicted molar refractivity (Wildman–Crippen MR) is 142 cm³/mol. The molecule has 10 heteroatoms. The first kappa shape index (κ1) is 31.1. The van der Waals surface area contributed by atoms with Crippen molar-refractivity contribution in [1.82, 2.24) is 4.90 Å². The van der Waals surface area contributed by atoms with Gasteiger partial charge in [-0.3, -0.25) is 4.90 Å². The van der Waals surface area contributed by atoms with Crippen LogP contribution in [0.3, 0.4) is 0 Å². The largest absolute Gasteiger partial charge is 0.491 e. The molecule has 0 bridgehead atoms. The van der Waals surface area contributed by atoms with Crippen molar-refractivity contribution in [2.24, 2.45) is 0 Å². The number of hydrogen-bond acceptors (Lipinski definition) is 5. The highest BCUT2D eigenvalue weighted by atomic mass is 35.5. The molecule has 2 aliphatic rings. The fourth-order valence-corrected chi connectivity index (χ4v) is 4.16. The molecule has 0 radical (unpaired) electrons. The molecule has 2 aromatic carbocycles. The number of carbonyl (C=O) groups is 1. The number of carboxylic acids is 1. The predicted octanol–water partition coefficient (Wildman–Crippen LogP) is 6.62. The Morgan fingerprint density at radius 1 is 1.16 bits per heavy atom. The van der Waals surface area contributed by atoms with Gasteiger partial charge in [0.15, 0.2) is 0 Å². The molecule has 0 atom stereocenters. The average molecular weight is 556 g/mol. The lowest BCUT2D eigenvalue weighted by molar-refractivity contribution is -0.138. The van der Waals surface area contributed by atoms with E-state index in [2.05, 4.69) is 4.90 Å². The van der Waals surface area contributed by atoms with Gasteiger partial charge in [0.2, 0.25) is 0 Å². The summed E-state index contributed by atoms with van der Waals surface area (Å²) in [6, 6.07) is 9.08. The second-order valence-electron chi connectivity index (χ2n) is 9.08. The van der Waals surface area contributed by atoms with Crippen molar-refractivity contribution in [1.29, 1.82) is 0 Å². The average Bonchev–Trinajstić information content (AvgIpc) is 2.82. The zero-order chi connectivity index (χ0) is 25.9. The van der Waals surface area contributed by atoms with E-state index in [4.69, 9.17) is 19.3 Å². The van der Waals surface area contributed by atoms with Gasteiger partial charge in [-0.2, -0.15) is 13.2 Å². The first-order valence-corrected chi connectivity index (χ1v) is 11.7. The molecule has 2 heterocycles. The summed E-state index contributed by atoms with van der Waals surface area (Å²) in [6.45, 7) is 5.53. The van der Waals surface area contributed by atoms with Crippen molar-refractivity contribution in [3.05, 3.63) is 70.3 Å². The molecule has 38 heavy (non-hydrogen) atoms. The second-order valence-corrected chi connectivity index (χ2v) is 9.08. The molecule has 2 aromatic rings. The van der Waals surface area contributed by atoms with Gasteiger partial charge in [-0.25, -0.2) is 4.79 Å². The van der Waals surface area contributed by atoms with Crippen molar-refractivity contribution >= 4 is 24.5 Å². The molecule has 0 fully saturated rings. The number of nitrogens with zero attached hydrogens (tertiary/aromatic N) is 1. The van der Waals surface area contributed by atoms with Crippen LogP contribution in [0.25, 0.3) is 6.08 Å². The normalized spacial score (nSPS) is 15.2. The smallest absolute Gasteiger partial charge is 0.416 e. The molecule has 0 aromatic heterocycles. The van der Waals surface area contributed by atoms with Gasteiger partial charge in [-0.1, -0.05) is 19.6 Å². The lowest BCUT2D eigenvalue weighted by Crippen LogP contribution is -2.33. The summed E-state index contributed by atoms with van der Waals surface area (Å²) in [4.78, 5) is 13.2. The molecule has 0 saturated heterocycles. The molecular formula is C28H33ClF3NO5. The van der Waals surface area contributed by atoms with Gasteiger partial charge in [0.25, 0.3) is 0 Å². The number of rotatable bonds is 8. The highest BCUT2D eigenvalue weighted by Crippen LogP contribution is 2.36. The van der Waals surface area contributed by atoms with Crippen LogP contribution in [0.15, 0.2) is 53.6 Å². The second kappa shape index (κ2) is 13.1. The van der Waals surface area contributed by atoms with E-state index >= 15 is 0 Å². The Morgan fingerprint density at radius 2 is 1.89 bits per heavy atom. The summed E-state index contributed by atoms with van der Waals surface area (Å²) in [7, 11) is 0. The van der Waals surface area contributed by atoms with Gasteiger partial charge >= 0.3 is 12.1 Å². The molecule has 4 rings (SSSR count). The minimum Gasteiger partial charge on any atom is -0.491 e. The van der Waals surface area contributed by atoms with Gasteiger partial charge in [-0.15, -0.1) is 12.4 Å². The Labute approximate surface area is 227 Å². The number of aliphatic carboxylic acids is 1. The van der Waals surface area contributed by atoms with Crippen LogP contribution in [0.5, 0.6) is 17.2 Å². The van der Waals surface area contributed by atoms with Crippen LogP contribution >= 0.6 is 12.4 Å². The molecule has 208 valence electrons. The van der Waals surface area contributed by atoms with Crippen LogP contribution in [-0.2, 0) is 17.6 Å². The van der Waals surface area contributed by atoms with E-state index in [-0.39, 0.29) is 43.9 Å². The number of carboxylic acid groups (broad SMARTS) is 1. The quantitative estimate of drug-likeness (QED) is 0.395. The van der Waals surface area contributed by atoms with E-state index in [0.717, 1.165) is 17.2 Å². The molecule has 2 aliphatic heterocycles. The standard InChI is InChI=1S/C27H28F3NO5.CH4.ClH/c1-17(2)36-23-6-4-21(24(12-23)27(28,29)30)16-34-22-5-3-20-11-18(15-35-25(20)13-22)14-31-9-7-19(8-10-31)26(32)33;;/h3-7,11-13,17H,8-10,14-16H2,1-2H3,(H,32,33);1H4;1H. The maximum atomic E-state index is 13.6. The summed E-state index contributed by atoms with van der Waals surface area (Å²) < 4.78 is 57.8. The molecule has 1 N–H and O–H groups in total. The van der Waals surface area contributed by atoms with Crippen molar-refractivity contribution in [2.75, 3.05) is 26.2 Å². The van der Waals surface area contributed by atoms with Crippen LogP contribution in [-0.4, -0.2) is 48.3 Å². The first-order valence-electron chi connectivity index (χ1n) is 11.7. The van der Waals surface area contributed by atoms with Crippen LogP contribution < -0.4 is 14.2 Å². The zero-order valence-corrected chi connectivity index (χ0v) is 21.3. The lowest BCUT2D eigenvalue weighted by Gasteiger charge is -2.28. The van der Waals surface area contributed by atoms with E-state index in [0.29, 0.717) is 49.7 Å². The van der Waals surface area contributed by atoms with Crippen molar-refractivity contribution in [3.8, 4) is 17.2 Å². The SMILES string of the molecule is C.CC(C)Oc1ccc(COc2ccc3c(c2)OCC(CN2CC=C(C(=O)O)CC2)=C3)c(C(F)(F)F)c1.Cl. The molecule has 0 unspecified atom stereocenters. The van der Waals surface area contributed by atoms with Gasteiger partial charge in [-0.05, 0) is 56.2 Å². The van der Waals surface area contributed by atoms with Crippen LogP contribution in [0.1, 0.15) is 44.4 Å². The van der Waals surface area contributed by atoms with Gasteiger partial charge in [0.1, 0.15) is 30.5 Å². The third-order valence-electron chi connectivity index (χ3n) is 5.91. The fourth-order valence-electron chi connectivity index (χ4n) is 4.16. The van der Waals surface area contributed by atoms with Crippen LogP contribution in [0, 0.1) is 0 Å². The summed E-state index contributed by atoms with van der Waals surface area (Å²) in [6.07, 6.45) is -0.504. The monoisotopic (exact) mass is 555 g/mol. The minimum atomic E-state index is -4.53. The van der Waals surface area contributed by atoms with E-state index in [9.17, 15) is 18.0 Å². The van der Waals surface area contributed by atoms with Crippen LogP contribution in [0.4, 0.5) is 13.2 Å². The van der Waals surface area contributed by atoms with Crippen molar-refractivity contribution < 1.29 is 37.3 Å². The number of hydrogen-bond donors (Lipinski definition) is 1. The highest BCUT2D eigenvalue weighted by Gasteiger charge is 2.34. The Morgan fingerprint density at radius 3 is 2.53 bits per heavy atom. The Bertz CT molecular complexity index is 1190. The maximum absolute atomic E-state index is 13.6. The fraction of sp³-hybridized carbons (Fsp3) is 0.393. The highest BCUT2D eigenvalue weighted by molar-refractivity contribution is 5.86. The maximum Gasteiger partial charge on any atom is 0.416 e. The molecular weight excluding hydrogens is 523 g/mol. The summed E-state index contributed by atoms with van der Waals surface area (Å²) >= 11 is 0. The third-order valence-corrected chi connectivity index (χ3v) is 5.91. The number of fused-ring (bicyclic) bond motifs is 1. The molecule has 0 spiro atoms. The Kier molecular flexibility index (Phi) is 10.7. The molecule has 0 saturated carbocycles. The number of benzene rings is 2. The van der Waals surface area contributed by atoms with Crippen molar-refractivity contribution in [2.45, 2.75) is 46.6 Å². The molecule has 0 aliphatic carbocycles. The number of alkyl halides is 3. The number of ether oxygens (including phenoxy) is 3. The topological polar surface area (TPSA) is 68.2 Å². The summed E-state index contributed by atoms with van der Waals surface area (Å²) in [5.41, 5.74) is 1.59. The summed E-state index contributed by atoms with van der Waals surface area (Å²) in [5.74, 6) is 0.297. The minimum absolute atomic E-state index is 0. The lowest BCUT2D eigenvalue weighted by atomic mass is 10.0. The summed E-state index contributed by atoms with van der Waals surface area (Å²) in [5, 5.41) is 9.09. The van der Waals surface area contributed by atoms with Crippen molar-refractivity contribution in [3.63, 3.8) is 0 Å². The Hall–Kier alpha value is -3.17. The molecule has 6 nitrogen and oxygen atoms in total. The van der Waals surface area contributed by atoms with Crippen LogP contribution in [0.2, 0.25) is 0 Å². The van der Waals surface area contributed by atoms with Gasteiger partial charge in [0.05, 0.1) is 11.7 Å². The third kappa shape index (κ3) is 7.91. The van der Waals surface area contributed by atoms with E-state index in [1.807, 2.05) is 12.1 Å². The van der Waals surface area contributed by atoms with E-state index < -0.39 is 17.7 Å². The molecule has 0 amide bonds. The van der Waals surface area contributed by atoms with Gasteiger partial charge in [0, 0.05) is 42.4 Å².